The van der Waals surface area contributed by atoms with Crippen LogP contribution in [0.3, 0.4) is 0 Å². The smallest absolute Gasteiger partial charge is 0.0146 e. The van der Waals surface area contributed by atoms with E-state index in [0.29, 0.717) is 0 Å². The normalized spacial score (nSPS) is 29.1. The van der Waals surface area contributed by atoms with Crippen molar-refractivity contribution in [2.75, 3.05) is 26.2 Å². The van der Waals surface area contributed by atoms with Crippen molar-refractivity contribution < 1.29 is 0 Å². The van der Waals surface area contributed by atoms with Crippen LogP contribution in [0.4, 0.5) is 0 Å². The molecule has 1 aliphatic carbocycles. The van der Waals surface area contributed by atoms with Crippen LogP contribution in [-0.4, -0.2) is 37.1 Å². The number of hydrogen-bond donors (Lipinski definition) is 1. The Labute approximate surface area is 91.3 Å². The molecule has 0 aromatic rings. The molecule has 80 valence electrons. The van der Waals surface area contributed by atoms with Crippen molar-refractivity contribution in [3.63, 3.8) is 0 Å². The van der Waals surface area contributed by atoms with E-state index in [4.69, 9.17) is 11.6 Å². The number of nitrogens with one attached hydrogen (secondary N) is 1. The van der Waals surface area contributed by atoms with Crippen LogP contribution in [0.1, 0.15) is 19.3 Å². The van der Waals surface area contributed by atoms with E-state index in [0.717, 1.165) is 25.0 Å². The summed E-state index contributed by atoms with van der Waals surface area (Å²) in [5, 5.41) is 3.41. The van der Waals surface area contributed by atoms with Gasteiger partial charge in [-0.15, -0.1) is 0 Å². The predicted octanol–water partition coefficient (Wildman–Crippen LogP) is 1.81. The topological polar surface area (TPSA) is 15.3 Å². The van der Waals surface area contributed by atoms with Crippen molar-refractivity contribution in [1.29, 1.82) is 0 Å². The molecular weight excluding hydrogens is 196 g/mol. The largest absolute Gasteiger partial charge is 0.313 e. The Hall–Kier alpha value is -0.0500. The fourth-order valence-corrected chi connectivity index (χ4v) is 2.30. The molecule has 1 saturated carbocycles. The Kier molecular flexibility index (Phi) is 3.85. The van der Waals surface area contributed by atoms with Crippen molar-refractivity contribution in [1.82, 2.24) is 10.2 Å². The molecule has 2 nitrogen and oxygen atoms in total. The van der Waals surface area contributed by atoms with E-state index in [1.165, 1.54) is 32.4 Å². The third kappa shape index (κ3) is 2.97. The highest BCUT2D eigenvalue weighted by Crippen LogP contribution is 2.31. The van der Waals surface area contributed by atoms with Gasteiger partial charge < -0.3 is 10.2 Å². The van der Waals surface area contributed by atoms with Crippen LogP contribution in [0.25, 0.3) is 0 Å². The molecule has 1 heterocycles. The summed E-state index contributed by atoms with van der Waals surface area (Å²) in [7, 11) is 0. The lowest BCUT2D eigenvalue weighted by Crippen LogP contribution is -2.27. The molecule has 2 aliphatic rings. The molecule has 0 aromatic heterocycles. The summed E-state index contributed by atoms with van der Waals surface area (Å²) in [5.41, 5.74) is 1.58. The van der Waals surface area contributed by atoms with E-state index in [9.17, 15) is 0 Å². The summed E-state index contributed by atoms with van der Waals surface area (Å²) >= 11 is 5.44. The van der Waals surface area contributed by atoms with Gasteiger partial charge in [-0.3, -0.25) is 0 Å². The van der Waals surface area contributed by atoms with E-state index in [1.807, 2.05) is 6.08 Å². The van der Waals surface area contributed by atoms with Gasteiger partial charge in [-0.25, -0.2) is 0 Å². The molecule has 1 atom stereocenters. The highest BCUT2D eigenvalue weighted by atomic mass is 35.5. The minimum absolute atomic E-state index is 0.860. The number of rotatable bonds is 5. The van der Waals surface area contributed by atoms with Crippen LogP contribution in [0.5, 0.6) is 0 Å². The van der Waals surface area contributed by atoms with E-state index in [1.54, 1.807) is 5.54 Å². The molecule has 1 saturated heterocycles. The Bertz CT molecular complexity index is 201. The van der Waals surface area contributed by atoms with Crippen molar-refractivity contribution in [2.45, 2.75) is 25.3 Å². The lowest BCUT2D eigenvalue weighted by Gasteiger charge is -2.14. The highest BCUT2D eigenvalue weighted by Gasteiger charge is 2.33. The lowest BCUT2D eigenvalue weighted by molar-refractivity contribution is 0.312. The van der Waals surface area contributed by atoms with E-state index >= 15 is 0 Å². The first-order valence-corrected chi connectivity index (χ1v) is 6.04. The van der Waals surface area contributed by atoms with Gasteiger partial charge in [0.05, 0.1) is 0 Å². The van der Waals surface area contributed by atoms with Gasteiger partial charge in [0.1, 0.15) is 0 Å². The first-order valence-electron chi connectivity index (χ1n) is 5.60. The molecule has 0 amide bonds. The number of halogens is 1. The third-order valence-corrected chi connectivity index (χ3v) is 3.34. The SMILES string of the molecule is Cl/C=C/CNCC1CCN(C2CC2)C1. The monoisotopic (exact) mass is 214 g/mol. The molecule has 1 aliphatic heterocycles. The van der Waals surface area contributed by atoms with Crippen LogP contribution >= 0.6 is 11.6 Å². The number of likely N-dealkylation sites (tertiary alicyclic amines) is 1. The van der Waals surface area contributed by atoms with Crippen molar-refractivity contribution in [3.05, 3.63) is 11.6 Å². The molecule has 2 rings (SSSR count). The molecule has 1 unspecified atom stereocenters. The van der Waals surface area contributed by atoms with Crippen LogP contribution in [-0.2, 0) is 0 Å². The highest BCUT2D eigenvalue weighted by molar-refractivity contribution is 6.25. The Morgan fingerprint density at radius 3 is 2.93 bits per heavy atom. The molecule has 0 aromatic carbocycles. The molecule has 2 fully saturated rings. The van der Waals surface area contributed by atoms with Crippen molar-refractivity contribution in [2.24, 2.45) is 5.92 Å². The zero-order chi connectivity index (χ0) is 9.80. The fourth-order valence-electron chi connectivity index (χ4n) is 2.22. The van der Waals surface area contributed by atoms with Gasteiger partial charge >= 0.3 is 0 Å². The van der Waals surface area contributed by atoms with Crippen LogP contribution < -0.4 is 5.32 Å². The Balaban J connectivity index is 1.58. The van der Waals surface area contributed by atoms with Gasteiger partial charge in [-0.1, -0.05) is 17.7 Å². The molecular formula is C11H19ClN2. The maximum Gasteiger partial charge on any atom is 0.0146 e. The van der Waals surface area contributed by atoms with E-state index in [2.05, 4.69) is 10.2 Å². The summed E-state index contributed by atoms with van der Waals surface area (Å²) in [4.78, 5) is 2.66. The third-order valence-electron chi connectivity index (χ3n) is 3.16. The summed E-state index contributed by atoms with van der Waals surface area (Å²) in [6.45, 7) is 4.68. The van der Waals surface area contributed by atoms with Crippen LogP contribution in [0, 0.1) is 5.92 Å². The second kappa shape index (κ2) is 5.15. The molecule has 0 bridgehead atoms. The minimum Gasteiger partial charge on any atom is -0.313 e. The Morgan fingerprint density at radius 1 is 1.36 bits per heavy atom. The van der Waals surface area contributed by atoms with Gasteiger partial charge in [0.15, 0.2) is 0 Å². The first-order chi connectivity index (χ1) is 6.90. The average Bonchev–Trinajstić information content (AvgIpc) is 2.94. The quantitative estimate of drug-likeness (QED) is 0.703. The molecule has 14 heavy (non-hydrogen) atoms. The second-order valence-corrected chi connectivity index (χ2v) is 4.65. The van der Waals surface area contributed by atoms with Gasteiger partial charge in [0.25, 0.3) is 0 Å². The second-order valence-electron chi connectivity index (χ2n) is 4.40. The zero-order valence-electron chi connectivity index (χ0n) is 8.58. The van der Waals surface area contributed by atoms with Gasteiger partial charge in [0.2, 0.25) is 0 Å². The van der Waals surface area contributed by atoms with E-state index < -0.39 is 0 Å². The maximum atomic E-state index is 5.44. The summed E-state index contributed by atoms with van der Waals surface area (Å²) < 4.78 is 0. The van der Waals surface area contributed by atoms with Crippen LogP contribution in [0.2, 0.25) is 0 Å². The summed E-state index contributed by atoms with van der Waals surface area (Å²) in [5.74, 6) is 0.860. The van der Waals surface area contributed by atoms with E-state index in [-0.39, 0.29) is 0 Å². The van der Waals surface area contributed by atoms with Gasteiger partial charge in [-0.05, 0) is 38.3 Å². The molecule has 0 spiro atoms. The van der Waals surface area contributed by atoms with Crippen molar-refractivity contribution >= 4 is 11.6 Å². The molecule has 0 radical (unpaired) electrons. The zero-order valence-corrected chi connectivity index (χ0v) is 9.34. The van der Waals surface area contributed by atoms with Gasteiger partial charge in [-0.2, -0.15) is 0 Å². The Morgan fingerprint density at radius 2 is 2.21 bits per heavy atom. The molecule has 3 heteroatoms. The number of hydrogen-bond acceptors (Lipinski definition) is 2. The fraction of sp³-hybridized carbons (Fsp3) is 0.818. The predicted molar refractivity (Wildman–Crippen MR) is 60.6 cm³/mol. The number of nitrogens with zero attached hydrogens (tertiary/aromatic N) is 1. The van der Waals surface area contributed by atoms with Crippen LogP contribution in [0.15, 0.2) is 11.6 Å². The lowest BCUT2D eigenvalue weighted by atomic mass is 10.1. The standard InChI is InChI=1S/C11H19ClN2/c12-5-1-6-13-8-10-4-7-14(9-10)11-2-3-11/h1,5,10-11,13H,2-4,6-9H2/b5-1+. The summed E-state index contributed by atoms with van der Waals surface area (Å²) in [6.07, 6.45) is 6.20. The first kappa shape index (κ1) is 10.5. The van der Waals surface area contributed by atoms with Crippen molar-refractivity contribution in [3.8, 4) is 0 Å². The minimum atomic E-state index is 0.860. The summed E-state index contributed by atoms with van der Waals surface area (Å²) in [6, 6.07) is 0.947. The maximum absolute atomic E-state index is 5.44. The molecule has 1 N–H and O–H groups in total. The average molecular weight is 215 g/mol. The van der Waals surface area contributed by atoms with Gasteiger partial charge in [0, 0.05) is 24.7 Å².